The van der Waals surface area contributed by atoms with E-state index in [0.717, 1.165) is 42.5 Å². The summed E-state index contributed by atoms with van der Waals surface area (Å²) in [6.45, 7) is 2.74. The van der Waals surface area contributed by atoms with E-state index < -0.39 is 0 Å². The van der Waals surface area contributed by atoms with E-state index in [1.54, 1.807) is 17.2 Å². The fraction of sp³-hybridized carbons (Fsp3) is 0.353. The molecule has 9 heteroatoms. The monoisotopic (exact) mass is 350 g/mol. The minimum atomic E-state index is 0.212. The standard InChI is InChI=1S/C17H18N8O/c1-11-3-4-14(26-11)16-21-17(25(22-16)13-8-19-23(2)9-13)12-5-6-24-15(7-12)18-10-20-24/h3-4,8-10,12H,5-7H2,1-2H3. The van der Waals surface area contributed by atoms with Gasteiger partial charge in [-0.3, -0.25) is 9.36 Å². The number of fused-ring (bicyclic) bond motifs is 1. The lowest BCUT2D eigenvalue weighted by Crippen LogP contribution is -2.21. The number of hydrogen-bond donors (Lipinski definition) is 0. The van der Waals surface area contributed by atoms with Gasteiger partial charge in [-0.05, 0) is 25.5 Å². The van der Waals surface area contributed by atoms with Crippen LogP contribution in [0.15, 0.2) is 35.3 Å². The maximum atomic E-state index is 5.72. The molecule has 0 N–H and O–H groups in total. The summed E-state index contributed by atoms with van der Waals surface area (Å²) >= 11 is 0. The summed E-state index contributed by atoms with van der Waals surface area (Å²) in [5.74, 6) is 4.19. The van der Waals surface area contributed by atoms with Crippen LogP contribution in [0, 0.1) is 6.92 Å². The highest BCUT2D eigenvalue weighted by Gasteiger charge is 2.28. The summed E-state index contributed by atoms with van der Waals surface area (Å²) in [5.41, 5.74) is 0.886. The Hall–Kier alpha value is -3.23. The molecule has 4 aromatic heterocycles. The fourth-order valence-corrected chi connectivity index (χ4v) is 3.41. The van der Waals surface area contributed by atoms with Crippen LogP contribution in [0.25, 0.3) is 17.3 Å². The van der Waals surface area contributed by atoms with Gasteiger partial charge >= 0.3 is 0 Å². The summed E-state index contributed by atoms with van der Waals surface area (Å²) < 4.78 is 11.3. The van der Waals surface area contributed by atoms with E-state index in [-0.39, 0.29) is 5.92 Å². The molecule has 0 saturated heterocycles. The molecule has 1 unspecified atom stereocenters. The number of rotatable bonds is 3. The van der Waals surface area contributed by atoms with Gasteiger partial charge < -0.3 is 4.42 Å². The van der Waals surface area contributed by atoms with E-state index in [2.05, 4.69) is 15.2 Å². The van der Waals surface area contributed by atoms with E-state index in [1.165, 1.54) is 0 Å². The molecule has 0 saturated carbocycles. The smallest absolute Gasteiger partial charge is 0.217 e. The second-order valence-electron chi connectivity index (χ2n) is 6.58. The maximum absolute atomic E-state index is 5.72. The normalized spacial score (nSPS) is 16.8. The molecule has 0 radical (unpaired) electrons. The largest absolute Gasteiger partial charge is 0.458 e. The molecule has 0 aliphatic carbocycles. The average Bonchev–Trinajstić information content (AvgIpc) is 3.39. The molecule has 0 amide bonds. The summed E-state index contributed by atoms with van der Waals surface area (Å²) in [6.07, 6.45) is 7.06. The van der Waals surface area contributed by atoms with Crippen LogP contribution in [0.1, 0.15) is 29.7 Å². The van der Waals surface area contributed by atoms with Gasteiger partial charge in [0.2, 0.25) is 5.82 Å². The molecule has 5 rings (SSSR count). The highest BCUT2D eigenvalue weighted by Crippen LogP contribution is 2.30. The summed E-state index contributed by atoms with van der Waals surface area (Å²) in [7, 11) is 1.89. The molecule has 0 fully saturated rings. The van der Waals surface area contributed by atoms with Gasteiger partial charge in [0.1, 0.15) is 29.4 Å². The molecule has 132 valence electrons. The van der Waals surface area contributed by atoms with Gasteiger partial charge in [-0.15, -0.1) is 5.10 Å². The number of aromatic nitrogens is 8. The quantitative estimate of drug-likeness (QED) is 0.560. The summed E-state index contributed by atoms with van der Waals surface area (Å²) in [6, 6.07) is 3.82. The Morgan fingerprint density at radius 1 is 1.23 bits per heavy atom. The lowest BCUT2D eigenvalue weighted by atomic mass is 9.97. The van der Waals surface area contributed by atoms with Crippen LogP contribution >= 0.6 is 0 Å². The van der Waals surface area contributed by atoms with E-state index in [0.29, 0.717) is 11.6 Å². The number of furan rings is 1. The predicted molar refractivity (Wildman–Crippen MR) is 91.6 cm³/mol. The van der Waals surface area contributed by atoms with Crippen molar-refractivity contribution in [2.24, 2.45) is 7.05 Å². The van der Waals surface area contributed by atoms with Crippen molar-refractivity contribution in [3.8, 4) is 17.3 Å². The number of nitrogens with zero attached hydrogens (tertiary/aromatic N) is 8. The zero-order valence-corrected chi connectivity index (χ0v) is 14.6. The molecule has 0 aromatic carbocycles. The third kappa shape index (κ3) is 2.43. The second-order valence-corrected chi connectivity index (χ2v) is 6.58. The molecule has 26 heavy (non-hydrogen) atoms. The highest BCUT2D eigenvalue weighted by atomic mass is 16.3. The summed E-state index contributed by atoms with van der Waals surface area (Å²) in [4.78, 5) is 9.19. The lowest BCUT2D eigenvalue weighted by molar-refractivity contribution is 0.417. The molecule has 1 aliphatic rings. The summed E-state index contributed by atoms with van der Waals surface area (Å²) in [5, 5.41) is 13.2. The lowest BCUT2D eigenvalue weighted by Gasteiger charge is -2.21. The molecule has 1 aliphatic heterocycles. The Morgan fingerprint density at radius 3 is 2.92 bits per heavy atom. The van der Waals surface area contributed by atoms with Crippen molar-refractivity contribution >= 4 is 0 Å². The van der Waals surface area contributed by atoms with Crippen LogP contribution in [-0.4, -0.2) is 39.3 Å². The Bertz CT molecular complexity index is 1070. The van der Waals surface area contributed by atoms with Gasteiger partial charge in [0.15, 0.2) is 5.76 Å². The van der Waals surface area contributed by atoms with Crippen LogP contribution in [0.2, 0.25) is 0 Å². The van der Waals surface area contributed by atoms with Gasteiger partial charge in [0.25, 0.3) is 0 Å². The van der Waals surface area contributed by atoms with E-state index in [1.807, 2.05) is 41.7 Å². The first kappa shape index (κ1) is 15.1. The Balaban J connectivity index is 1.60. The van der Waals surface area contributed by atoms with E-state index in [4.69, 9.17) is 14.5 Å². The number of hydrogen-bond acceptors (Lipinski definition) is 6. The van der Waals surface area contributed by atoms with Crippen LogP contribution in [0.3, 0.4) is 0 Å². The molecule has 9 nitrogen and oxygen atoms in total. The topological polar surface area (TPSA) is 92.4 Å². The van der Waals surface area contributed by atoms with Crippen molar-refractivity contribution in [3.05, 3.63) is 48.3 Å². The van der Waals surface area contributed by atoms with Gasteiger partial charge in [-0.1, -0.05) is 0 Å². The van der Waals surface area contributed by atoms with Crippen molar-refractivity contribution in [3.63, 3.8) is 0 Å². The van der Waals surface area contributed by atoms with Gasteiger partial charge in [0, 0.05) is 25.9 Å². The van der Waals surface area contributed by atoms with Crippen molar-refractivity contribution < 1.29 is 4.42 Å². The molecule has 5 heterocycles. The molecule has 4 aromatic rings. The zero-order chi connectivity index (χ0) is 17.7. The maximum Gasteiger partial charge on any atom is 0.217 e. The first-order valence-corrected chi connectivity index (χ1v) is 8.57. The minimum absolute atomic E-state index is 0.212. The van der Waals surface area contributed by atoms with E-state index in [9.17, 15) is 0 Å². The molecular weight excluding hydrogens is 332 g/mol. The Kier molecular flexibility index (Phi) is 3.27. The van der Waals surface area contributed by atoms with Crippen molar-refractivity contribution in [2.45, 2.75) is 32.2 Å². The van der Waals surface area contributed by atoms with Crippen LogP contribution in [-0.2, 0) is 20.0 Å². The highest BCUT2D eigenvalue weighted by molar-refractivity contribution is 5.48. The first-order chi connectivity index (χ1) is 12.7. The van der Waals surface area contributed by atoms with Crippen LogP contribution in [0.4, 0.5) is 0 Å². The van der Waals surface area contributed by atoms with Crippen LogP contribution in [0.5, 0.6) is 0 Å². The fourth-order valence-electron chi connectivity index (χ4n) is 3.41. The third-order valence-corrected chi connectivity index (χ3v) is 4.71. The average molecular weight is 350 g/mol. The van der Waals surface area contributed by atoms with Crippen molar-refractivity contribution in [1.82, 2.24) is 39.3 Å². The second kappa shape index (κ2) is 5.65. The first-order valence-electron chi connectivity index (χ1n) is 8.57. The third-order valence-electron chi connectivity index (χ3n) is 4.71. The molecule has 1 atom stereocenters. The van der Waals surface area contributed by atoms with Crippen LogP contribution < -0.4 is 0 Å². The number of aryl methyl sites for hydroxylation is 3. The minimum Gasteiger partial charge on any atom is -0.458 e. The molecule has 0 bridgehead atoms. The Morgan fingerprint density at radius 2 is 2.15 bits per heavy atom. The van der Waals surface area contributed by atoms with Gasteiger partial charge in [-0.2, -0.15) is 10.2 Å². The van der Waals surface area contributed by atoms with E-state index >= 15 is 0 Å². The van der Waals surface area contributed by atoms with Gasteiger partial charge in [-0.25, -0.2) is 14.6 Å². The molecular formula is C17H18N8O. The van der Waals surface area contributed by atoms with Crippen molar-refractivity contribution in [1.29, 1.82) is 0 Å². The Labute approximate surface area is 149 Å². The predicted octanol–water partition coefficient (Wildman–Crippen LogP) is 1.89. The van der Waals surface area contributed by atoms with Gasteiger partial charge in [0.05, 0.1) is 12.4 Å². The van der Waals surface area contributed by atoms with Crippen molar-refractivity contribution in [2.75, 3.05) is 0 Å². The zero-order valence-electron chi connectivity index (χ0n) is 14.6. The molecule has 0 spiro atoms. The SMILES string of the molecule is Cc1ccc(-c2nc(C3CCn4ncnc4C3)n(-c3cnn(C)c3)n2)o1.